The van der Waals surface area contributed by atoms with Crippen molar-refractivity contribution in [1.82, 2.24) is 30.2 Å². The number of urea groups is 1. The Kier molecular flexibility index (Phi) is 9.57. The highest BCUT2D eigenvalue weighted by Crippen LogP contribution is 2.34. The van der Waals surface area contributed by atoms with Gasteiger partial charge in [0.05, 0.1) is 11.7 Å². The van der Waals surface area contributed by atoms with E-state index in [4.69, 9.17) is 4.74 Å². The van der Waals surface area contributed by atoms with Crippen LogP contribution < -0.4 is 10.6 Å². The van der Waals surface area contributed by atoms with Crippen LogP contribution in [0.25, 0.3) is 10.9 Å². The van der Waals surface area contributed by atoms with Gasteiger partial charge in [-0.2, -0.15) is 5.10 Å². The van der Waals surface area contributed by atoms with Crippen LogP contribution in [0.5, 0.6) is 0 Å². The average molecular weight is 656 g/mol. The number of hydrogen-bond acceptors (Lipinski definition) is 6. The van der Waals surface area contributed by atoms with Crippen LogP contribution in [0.4, 0.5) is 15.3 Å². The van der Waals surface area contributed by atoms with Gasteiger partial charge >= 0.3 is 12.1 Å². The third-order valence-corrected chi connectivity index (χ3v) is 11.4. The van der Waals surface area contributed by atoms with Crippen molar-refractivity contribution < 1.29 is 19.1 Å². The minimum Gasteiger partial charge on any atom is -0.435 e. The van der Waals surface area contributed by atoms with Gasteiger partial charge in [-0.25, -0.2) is 9.59 Å². The Hall–Kier alpha value is -4.12. The highest BCUT2D eigenvalue weighted by atomic mass is 16.6. The zero-order valence-corrected chi connectivity index (χ0v) is 28.2. The highest BCUT2D eigenvalue weighted by molar-refractivity contribution is 5.91. The van der Waals surface area contributed by atoms with Gasteiger partial charge in [-0.05, 0) is 106 Å². The number of carbonyl (C=O) groups excluding carboxylic acids is 3. The molecule has 0 bridgehead atoms. The van der Waals surface area contributed by atoms with Gasteiger partial charge in [0, 0.05) is 55.8 Å². The van der Waals surface area contributed by atoms with Crippen LogP contribution in [-0.4, -0.2) is 101 Å². The number of nitrogens with one attached hydrogen (secondary N) is 3. The lowest BCUT2D eigenvalue weighted by Crippen LogP contribution is -2.52. The molecule has 4 amide bonds. The summed E-state index contributed by atoms with van der Waals surface area (Å²) >= 11 is 0. The maximum Gasteiger partial charge on any atom is 0.410 e. The summed E-state index contributed by atoms with van der Waals surface area (Å²) in [5.74, 6) is 0.906. The number of piperidine rings is 3. The molecule has 48 heavy (non-hydrogen) atoms. The molecule has 2 atom stereocenters. The van der Waals surface area contributed by atoms with Crippen molar-refractivity contribution >= 4 is 34.6 Å². The fourth-order valence-corrected chi connectivity index (χ4v) is 8.44. The van der Waals surface area contributed by atoms with E-state index in [0.717, 1.165) is 71.6 Å². The normalized spacial score (nSPS) is 21.4. The van der Waals surface area contributed by atoms with Crippen LogP contribution in [-0.2, 0) is 16.0 Å². The van der Waals surface area contributed by atoms with Crippen molar-refractivity contribution in [2.24, 2.45) is 11.8 Å². The third kappa shape index (κ3) is 6.74. The maximum atomic E-state index is 14.3. The number of likely N-dealkylation sites (tertiary alicyclic amines) is 2. The summed E-state index contributed by atoms with van der Waals surface area (Å²) in [6, 6.07) is 12.0. The molecule has 4 aliphatic rings. The summed E-state index contributed by atoms with van der Waals surface area (Å²) in [6.07, 6.45) is 6.90. The zero-order valence-electron chi connectivity index (χ0n) is 28.2. The van der Waals surface area contributed by atoms with E-state index < -0.39 is 12.2 Å². The van der Waals surface area contributed by atoms with Crippen LogP contribution in [0.1, 0.15) is 68.1 Å². The van der Waals surface area contributed by atoms with E-state index in [2.05, 4.69) is 33.0 Å². The Morgan fingerprint density at radius 2 is 1.62 bits per heavy atom. The maximum absolute atomic E-state index is 14.3. The lowest BCUT2D eigenvalue weighted by molar-refractivity contribution is -0.143. The topological polar surface area (TPSA) is 123 Å². The molecule has 0 spiro atoms. The molecule has 2 aromatic carbocycles. The first kappa shape index (κ1) is 32.4. The van der Waals surface area contributed by atoms with Gasteiger partial charge in [0.15, 0.2) is 6.10 Å². The van der Waals surface area contributed by atoms with E-state index in [9.17, 15) is 14.4 Å². The van der Waals surface area contributed by atoms with E-state index in [0.29, 0.717) is 51.5 Å². The summed E-state index contributed by atoms with van der Waals surface area (Å²) in [4.78, 5) is 46.8. The number of nitrogens with zero attached hydrogens (tertiary/aromatic N) is 4. The van der Waals surface area contributed by atoms with Gasteiger partial charge in [-0.1, -0.05) is 31.2 Å². The lowest BCUT2D eigenvalue weighted by Gasteiger charge is -2.40. The molecule has 256 valence electrons. The molecule has 0 aliphatic carbocycles. The number of aromatic nitrogens is 2. The lowest BCUT2D eigenvalue weighted by atomic mass is 9.79. The van der Waals surface area contributed by atoms with Gasteiger partial charge in [-0.15, -0.1) is 0 Å². The Bertz CT molecular complexity index is 1620. The number of ether oxygens (including phenoxy) is 1. The number of benzene rings is 2. The van der Waals surface area contributed by atoms with E-state index in [1.807, 2.05) is 47.9 Å². The second kappa shape index (κ2) is 14.2. The average Bonchev–Trinajstić information content (AvgIpc) is 3.54. The van der Waals surface area contributed by atoms with Crippen molar-refractivity contribution in [2.75, 3.05) is 51.1 Å². The SMILES string of the molecule is Cc1cc([C@@H](C)C(OC(=O)N2CCC(N3CCc4ccccc4NC3=O)CC2)C(=O)N2CCC(C3CCNCC3)CC2)cc2cn[nH]c12. The fourth-order valence-electron chi connectivity index (χ4n) is 8.44. The number of amides is 4. The standard InChI is InChI=1S/C37H49N7O4/c1-24-21-29(22-30-23-39-41-33(24)30)25(2)34(35(45)42-16-9-27(10-17-42)26-7-14-38-15-8-26)48-37(47)43-18-12-31(13-19-43)44-20-11-28-5-3-4-6-32(28)40-36(44)46/h3-6,21-23,25-27,31,34,38H,7-20H2,1-2H3,(H,39,41)(H,40,46)/t25-,34?/m1/s1. The monoisotopic (exact) mass is 655 g/mol. The van der Waals surface area contributed by atoms with Gasteiger partial charge in [0.25, 0.3) is 5.91 Å². The Balaban J connectivity index is 1.02. The third-order valence-electron chi connectivity index (χ3n) is 11.4. The van der Waals surface area contributed by atoms with Crippen molar-refractivity contribution in [3.05, 3.63) is 59.3 Å². The van der Waals surface area contributed by atoms with Gasteiger partial charge in [-0.3, -0.25) is 9.89 Å². The first-order valence-electron chi connectivity index (χ1n) is 17.9. The van der Waals surface area contributed by atoms with Crippen LogP contribution in [0.15, 0.2) is 42.6 Å². The molecule has 3 aromatic rings. The van der Waals surface area contributed by atoms with E-state index in [1.54, 1.807) is 11.1 Å². The number of aromatic amines is 1. The van der Waals surface area contributed by atoms with Gasteiger partial charge in [0.1, 0.15) is 0 Å². The number of para-hydroxylation sites is 1. The van der Waals surface area contributed by atoms with Crippen LogP contribution in [0.2, 0.25) is 0 Å². The molecule has 0 radical (unpaired) electrons. The Morgan fingerprint density at radius 3 is 2.40 bits per heavy atom. The molecule has 4 aliphatic heterocycles. The summed E-state index contributed by atoms with van der Waals surface area (Å²) in [5, 5.41) is 14.8. The molecule has 1 aromatic heterocycles. The number of fused-ring (bicyclic) bond motifs is 2. The molecule has 11 nitrogen and oxygen atoms in total. The van der Waals surface area contributed by atoms with Crippen molar-refractivity contribution in [1.29, 1.82) is 0 Å². The van der Waals surface area contributed by atoms with Gasteiger partial charge in [0.2, 0.25) is 0 Å². The van der Waals surface area contributed by atoms with E-state index >= 15 is 0 Å². The fraction of sp³-hybridized carbons (Fsp3) is 0.568. The first-order valence-corrected chi connectivity index (χ1v) is 17.9. The molecular weight excluding hydrogens is 606 g/mol. The van der Waals surface area contributed by atoms with Crippen molar-refractivity contribution in [3.63, 3.8) is 0 Å². The Labute approximate surface area is 282 Å². The predicted molar refractivity (Wildman–Crippen MR) is 185 cm³/mol. The van der Waals surface area contributed by atoms with Crippen LogP contribution in [0, 0.1) is 18.8 Å². The predicted octanol–water partition coefficient (Wildman–Crippen LogP) is 5.27. The van der Waals surface area contributed by atoms with Crippen LogP contribution in [0.3, 0.4) is 0 Å². The molecular formula is C37H49N7O4. The Morgan fingerprint density at radius 1 is 0.917 bits per heavy atom. The number of aryl methyl sites for hydroxylation is 1. The van der Waals surface area contributed by atoms with Crippen molar-refractivity contribution in [3.8, 4) is 0 Å². The summed E-state index contributed by atoms with van der Waals surface area (Å²) in [7, 11) is 0. The second-order valence-corrected chi connectivity index (χ2v) is 14.3. The van der Waals surface area contributed by atoms with E-state index in [1.165, 1.54) is 12.8 Å². The molecule has 3 N–H and O–H groups in total. The van der Waals surface area contributed by atoms with Gasteiger partial charge < -0.3 is 30.1 Å². The second-order valence-electron chi connectivity index (χ2n) is 14.3. The molecule has 3 fully saturated rings. The number of anilines is 1. The molecule has 3 saturated heterocycles. The van der Waals surface area contributed by atoms with Crippen LogP contribution >= 0.6 is 0 Å². The minimum atomic E-state index is -0.940. The molecule has 11 heteroatoms. The minimum absolute atomic E-state index is 0.0330. The molecule has 0 saturated carbocycles. The van der Waals surface area contributed by atoms with Crippen molar-refractivity contribution in [2.45, 2.75) is 76.9 Å². The number of rotatable bonds is 6. The molecule has 5 heterocycles. The molecule has 7 rings (SSSR count). The summed E-state index contributed by atoms with van der Waals surface area (Å²) in [6.45, 7) is 9.14. The number of hydrogen-bond donors (Lipinski definition) is 3. The largest absolute Gasteiger partial charge is 0.435 e. The number of H-pyrrole nitrogens is 1. The van der Waals surface area contributed by atoms with E-state index in [-0.39, 0.29) is 23.9 Å². The quantitative estimate of drug-likeness (QED) is 0.333. The summed E-state index contributed by atoms with van der Waals surface area (Å²) < 4.78 is 6.23. The first-order chi connectivity index (χ1) is 23.4. The smallest absolute Gasteiger partial charge is 0.410 e. The zero-order chi connectivity index (χ0) is 33.2. The number of carbonyl (C=O) groups is 3. The highest BCUT2D eigenvalue weighted by Gasteiger charge is 2.39. The molecule has 1 unspecified atom stereocenters. The summed E-state index contributed by atoms with van der Waals surface area (Å²) in [5.41, 5.74) is 4.96.